The van der Waals surface area contributed by atoms with Gasteiger partial charge in [-0.3, -0.25) is 9.59 Å². The highest BCUT2D eigenvalue weighted by atomic mass is 16.2. The van der Waals surface area contributed by atoms with Crippen molar-refractivity contribution in [3.05, 3.63) is 59.7 Å². The van der Waals surface area contributed by atoms with Gasteiger partial charge in [-0.1, -0.05) is 61.0 Å². The van der Waals surface area contributed by atoms with E-state index in [4.69, 9.17) is 5.73 Å². The molecule has 0 saturated carbocycles. The Morgan fingerprint density at radius 3 is 2.52 bits per heavy atom. The normalized spacial score (nSPS) is 17.3. The zero-order valence-electron chi connectivity index (χ0n) is 17.4. The minimum atomic E-state index is -0.258. The Labute approximate surface area is 173 Å². The lowest BCUT2D eigenvalue weighted by molar-refractivity contribution is -0.134. The van der Waals surface area contributed by atoms with Gasteiger partial charge in [-0.2, -0.15) is 0 Å². The first-order valence-corrected chi connectivity index (χ1v) is 10.4. The Balaban J connectivity index is 1.90. The SMILES string of the molecule is CCCN1CCN(C(=O)CN)C[C@@H](Cc2ccccc2-c2ccc(C)cc2)C1=O. The third-order valence-corrected chi connectivity index (χ3v) is 5.61. The first-order valence-electron chi connectivity index (χ1n) is 10.4. The molecule has 1 atom stereocenters. The van der Waals surface area contributed by atoms with Crippen LogP contribution in [0.3, 0.4) is 0 Å². The van der Waals surface area contributed by atoms with Crippen molar-refractivity contribution < 1.29 is 9.59 Å². The molecule has 2 amide bonds. The molecule has 2 N–H and O–H groups in total. The van der Waals surface area contributed by atoms with Crippen LogP contribution in [0.5, 0.6) is 0 Å². The van der Waals surface area contributed by atoms with Crippen LogP contribution in [-0.4, -0.2) is 54.3 Å². The van der Waals surface area contributed by atoms with Gasteiger partial charge >= 0.3 is 0 Å². The molecule has 3 rings (SSSR count). The third kappa shape index (κ3) is 5.04. The molecule has 2 aromatic carbocycles. The van der Waals surface area contributed by atoms with Crippen LogP contribution in [0.25, 0.3) is 11.1 Å². The van der Waals surface area contributed by atoms with Crippen LogP contribution in [0.15, 0.2) is 48.5 Å². The molecule has 0 aromatic heterocycles. The second-order valence-electron chi connectivity index (χ2n) is 7.79. The predicted octanol–water partition coefficient (Wildman–Crippen LogP) is 2.86. The van der Waals surface area contributed by atoms with Gasteiger partial charge in [-0.25, -0.2) is 0 Å². The summed E-state index contributed by atoms with van der Waals surface area (Å²) in [5.74, 6) is -0.211. The second-order valence-corrected chi connectivity index (χ2v) is 7.79. The summed E-state index contributed by atoms with van der Waals surface area (Å²) in [7, 11) is 0. The highest BCUT2D eigenvalue weighted by molar-refractivity contribution is 5.83. The molecule has 154 valence electrons. The summed E-state index contributed by atoms with van der Waals surface area (Å²) in [5, 5.41) is 0. The van der Waals surface area contributed by atoms with E-state index < -0.39 is 0 Å². The maximum Gasteiger partial charge on any atom is 0.236 e. The third-order valence-electron chi connectivity index (χ3n) is 5.61. The fourth-order valence-corrected chi connectivity index (χ4v) is 4.02. The number of carbonyl (C=O) groups excluding carboxylic acids is 2. The molecular weight excluding hydrogens is 362 g/mol. The van der Waals surface area contributed by atoms with Crippen molar-refractivity contribution in [3.8, 4) is 11.1 Å². The van der Waals surface area contributed by atoms with Crippen molar-refractivity contribution in [2.75, 3.05) is 32.7 Å². The van der Waals surface area contributed by atoms with Gasteiger partial charge in [0.2, 0.25) is 11.8 Å². The maximum atomic E-state index is 13.2. The first-order chi connectivity index (χ1) is 14.0. The Bertz CT molecular complexity index is 847. The number of amides is 2. The molecule has 5 nitrogen and oxygen atoms in total. The average Bonchev–Trinajstić information content (AvgIpc) is 2.89. The van der Waals surface area contributed by atoms with Crippen LogP contribution in [0.4, 0.5) is 0 Å². The van der Waals surface area contributed by atoms with E-state index >= 15 is 0 Å². The van der Waals surface area contributed by atoms with E-state index in [2.05, 4.69) is 50.2 Å². The van der Waals surface area contributed by atoms with Gasteiger partial charge in [0.25, 0.3) is 0 Å². The standard InChI is InChI=1S/C24H31N3O2/c1-3-12-26-13-14-27(23(28)16-25)17-21(24(26)29)15-20-6-4-5-7-22(20)19-10-8-18(2)9-11-19/h4-11,21H,3,12-17,25H2,1-2H3/t21-/m1/s1. The molecule has 0 unspecified atom stereocenters. The number of hydrogen-bond donors (Lipinski definition) is 1. The smallest absolute Gasteiger partial charge is 0.236 e. The van der Waals surface area contributed by atoms with Crippen molar-refractivity contribution >= 4 is 11.8 Å². The minimum absolute atomic E-state index is 0.0192. The van der Waals surface area contributed by atoms with Crippen molar-refractivity contribution in [1.29, 1.82) is 0 Å². The van der Waals surface area contributed by atoms with Crippen LogP contribution < -0.4 is 5.73 Å². The minimum Gasteiger partial charge on any atom is -0.341 e. The maximum absolute atomic E-state index is 13.2. The molecule has 1 saturated heterocycles. The monoisotopic (exact) mass is 393 g/mol. The summed E-state index contributed by atoms with van der Waals surface area (Å²) < 4.78 is 0. The van der Waals surface area contributed by atoms with E-state index in [0.717, 1.165) is 29.7 Å². The predicted molar refractivity (Wildman–Crippen MR) is 116 cm³/mol. The molecule has 5 heteroatoms. The van der Waals surface area contributed by atoms with E-state index in [9.17, 15) is 9.59 Å². The van der Waals surface area contributed by atoms with E-state index in [1.807, 2.05) is 17.0 Å². The molecule has 29 heavy (non-hydrogen) atoms. The molecular formula is C24H31N3O2. The zero-order valence-corrected chi connectivity index (χ0v) is 17.4. The van der Waals surface area contributed by atoms with E-state index in [1.54, 1.807) is 4.90 Å². The lowest BCUT2D eigenvalue weighted by Crippen LogP contribution is -2.40. The summed E-state index contributed by atoms with van der Waals surface area (Å²) in [6.45, 7) is 6.41. The van der Waals surface area contributed by atoms with Gasteiger partial charge < -0.3 is 15.5 Å². The fourth-order valence-electron chi connectivity index (χ4n) is 4.02. The first kappa shape index (κ1) is 21.1. The van der Waals surface area contributed by atoms with Crippen LogP contribution in [0.2, 0.25) is 0 Å². The van der Waals surface area contributed by atoms with Gasteiger partial charge in [-0.15, -0.1) is 0 Å². The summed E-state index contributed by atoms with van der Waals surface area (Å²) in [6, 6.07) is 16.7. The highest BCUT2D eigenvalue weighted by Crippen LogP contribution is 2.27. The zero-order chi connectivity index (χ0) is 20.8. The largest absolute Gasteiger partial charge is 0.341 e. The van der Waals surface area contributed by atoms with Crippen molar-refractivity contribution in [2.45, 2.75) is 26.7 Å². The molecule has 1 fully saturated rings. The van der Waals surface area contributed by atoms with Crippen molar-refractivity contribution in [1.82, 2.24) is 9.80 Å². The summed E-state index contributed by atoms with van der Waals surface area (Å²) in [6.07, 6.45) is 1.51. The molecule has 1 aliphatic heterocycles. The van der Waals surface area contributed by atoms with E-state index in [-0.39, 0.29) is 24.3 Å². The van der Waals surface area contributed by atoms with Crippen molar-refractivity contribution in [3.63, 3.8) is 0 Å². The van der Waals surface area contributed by atoms with Gasteiger partial charge in [0.1, 0.15) is 0 Å². The summed E-state index contributed by atoms with van der Waals surface area (Å²) >= 11 is 0. The summed E-state index contributed by atoms with van der Waals surface area (Å²) in [4.78, 5) is 29.2. The Morgan fingerprint density at radius 2 is 1.83 bits per heavy atom. The molecule has 0 spiro atoms. The topological polar surface area (TPSA) is 66.6 Å². The van der Waals surface area contributed by atoms with Gasteiger partial charge in [-0.05, 0) is 36.5 Å². The number of benzene rings is 2. The van der Waals surface area contributed by atoms with Crippen LogP contribution in [0.1, 0.15) is 24.5 Å². The lowest BCUT2D eigenvalue weighted by Gasteiger charge is -2.24. The Hall–Kier alpha value is -2.66. The number of aryl methyl sites for hydroxylation is 1. The number of nitrogens with zero attached hydrogens (tertiary/aromatic N) is 2. The highest BCUT2D eigenvalue weighted by Gasteiger charge is 2.32. The van der Waals surface area contributed by atoms with Gasteiger partial charge in [0.05, 0.1) is 12.5 Å². The quantitative estimate of drug-likeness (QED) is 0.821. The van der Waals surface area contributed by atoms with Gasteiger partial charge in [0.15, 0.2) is 0 Å². The molecule has 0 bridgehead atoms. The van der Waals surface area contributed by atoms with Gasteiger partial charge in [0, 0.05) is 26.2 Å². The molecule has 1 aliphatic rings. The second kappa shape index (κ2) is 9.70. The van der Waals surface area contributed by atoms with E-state index in [0.29, 0.717) is 26.1 Å². The molecule has 0 radical (unpaired) electrons. The molecule has 2 aromatic rings. The Morgan fingerprint density at radius 1 is 1.10 bits per heavy atom. The molecule has 1 heterocycles. The number of nitrogens with two attached hydrogens (primary N) is 1. The Kier molecular flexibility index (Phi) is 7.04. The summed E-state index contributed by atoms with van der Waals surface area (Å²) in [5.41, 5.74) is 10.2. The number of rotatable bonds is 6. The van der Waals surface area contributed by atoms with Crippen molar-refractivity contribution in [2.24, 2.45) is 11.7 Å². The van der Waals surface area contributed by atoms with Crippen LogP contribution >= 0.6 is 0 Å². The van der Waals surface area contributed by atoms with E-state index in [1.165, 1.54) is 5.56 Å². The number of hydrogen-bond acceptors (Lipinski definition) is 3. The van der Waals surface area contributed by atoms with Crippen LogP contribution in [0, 0.1) is 12.8 Å². The fraction of sp³-hybridized carbons (Fsp3) is 0.417. The number of carbonyl (C=O) groups is 2. The lowest BCUT2D eigenvalue weighted by atomic mass is 9.91. The molecule has 0 aliphatic carbocycles. The average molecular weight is 394 g/mol. The van der Waals surface area contributed by atoms with Crippen LogP contribution in [-0.2, 0) is 16.0 Å².